The van der Waals surface area contributed by atoms with Gasteiger partial charge in [0, 0.05) is 11.6 Å². The number of halogens is 1. The summed E-state index contributed by atoms with van der Waals surface area (Å²) in [6.07, 6.45) is 1.73. The van der Waals surface area contributed by atoms with Crippen molar-refractivity contribution in [2.24, 2.45) is 0 Å². The first kappa shape index (κ1) is 25.6. The zero-order valence-electron chi connectivity index (χ0n) is 19.5. The Morgan fingerprint density at radius 2 is 1.71 bits per heavy atom. The maximum Gasteiger partial charge on any atom is 0.264 e. The number of aryl methyl sites for hydroxylation is 2. The third-order valence-electron chi connectivity index (χ3n) is 5.56. The van der Waals surface area contributed by atoms with Gasteiger partial charge in [-0.05, 0) is 59.9 Å². The van der Waals surface area contributed by atoms with Crippen LogP contribution in [0.1, 0.15) is 30.5 Å². The Bertz CT molecular complexity index is 1250. The van der Waals surface area contributed by atoms with Gasteiger partial charge in [-0.25, -0.2) is 8.42 Å². The molecule has 0 aliphatic heterocycles. The van der Waals surface area contributed by atoms with E-state index in [9.17, 15) is 13.2 Å². The molecule has 0 atom stereocenters. The van der Waals surface area contributed by atoms with Crippen molar-refractivity contribution in [2.75, 3.05) is 18.0 Å². The zero-order chi connectivity index (χ0) is 24.7. The highest BCUT2D eigenvalue weighted by Crippen LogP contribution is 2.34. The molecule has 0 aromatic heterocycles. The molecule has 0 saturated carbocycles. The molecule has 0 aliphatic carbocycles. The first-order chi connectivity index (χ1) is 16.3. The summed E-state index contributed by atoms with van der Waals surface area (Å²) in [7, 11) is -2.63. The van der Waals surface area contributed by atoms with Crippen LogP contribution in [0.5, 0.6) is 5.75 Å². The van der Waals surface area contributed by atoms with Gasteiger partial charge in [-0.15, -0.1) is 0 Å². The Kier molecular flexibility index (Phi) is 8.58. The monoisotopic (exact) mass is 500 g/mol. The van der Waals surface area contributed by atoms with E-state index in [2.05, 4.69) is 37.4 Å². The lowest BCUT2D eigenvalue weighted by Crippen LogP contribution is -2.41. The summed E-state index contributed by atoms with van der Waals surface area (Å²) in [6.45, 7) is 4.02. The van der Waals surface area contributed by atoms with E-state index in [4.69, 9.17) is 16.3 Å². The lowest BCUT2D eigenvalue weighted by atomic mass is 10.0. The minimum Gasteiger partial charge on any atom is -0.495 e. The quantitative estimate of drug-likeness (QED) is 0.425. The molecule has 8 heteroatoms. The molecule has 0 aliphatic rings. The van der Waals surface area contributed by atoms with Crippen molar-refractivity contribution >= 4 is 33.2 Å². The molecule has 3 rings (SSSR count). The number of rotatable bonds is 10. The Morgan fingerprint density at radius 3 is 2.35 bits per heavy atom. The molecule has 1 amide bonds. The van der Waals surface area contributed by atoms with Gasteiger partial charge in [-0.3, -0.25) is 9.10 Å². The molecule has 3 aromatic carbocycles. The Balaban J connectivity index is 1.93. The van der Waals surface area contributed by atoms with Gasteiger partial charge >= 0.3 is 0 Å². The van der Waals surface area contributed by atoms with Crippen LogP contribution in [0.15, 0.2) is 71.6 Å². The standard InChI is InChI=1S/C26H29ClN2O4S/c1-4-19-11-12-20(5-2)21(15-19)17-28-26(30)18-29(24-16-22(27)13-14-25(24)33-3)34(31,32)23-9-7-6-8-10-23/h6-16H,4-5,17-18H2,1-3H3,(H,28,30). The highest BCUT2D eigenvalue weighted by atomic mass is 35.5. The Hall–Kier alpha value is -3.03. The molecule has 6 nitrogen and oxygen atoms in total. The number of benzene rings is 3. The molecule has 0 spiro atoms. The maximum absolute atomic E-state index is 13.6. The Morgan fingerprint density at radius 1 is 0.971 bits per heavy atom. The van der Waals surface area contributed by atoms with E-state index >= 15 is 0 Å². The first-order valence-electron chi connectivity index (χ1n) is 11.1. The summed E-state index contributed by atoms with van der Waals surface area (Å²) < 4.78 is 33.5. The third-order valence-corrected chi connectivity index (χ3v) is 7.57. The number of anilines is 1. The van der Waals surface area contributed by atoms with Crippen LogP contribution < -0.4 is 14.4 Å². The van der Waals surface area contributed by atoms with Crippen molar-refractivity contribution in [2.45, 2.75) is 38.1 Å². The van der Waals surface area contributed by atoms with Crippen LogP contribution in [0, 0.1) is 0 Å². The van der Waals surface area contributed by atoms with Crippen LogP contribution in [-0.2, 0) is 34.2 Å². The maximum atomic E-state index is 13.6. The van der Waals surface area contributed by atoms with Crippen LogP contribution in [0.2, 0.25) is 5.02 Å². The van der Waals surface area contributed by atoms with Crippen LogP contribution in [0.4, 0.5) is 5.69 Å². The summed E-state index contributed by atoms with van der Waals surface area (Å²) in [4.78, 5) is 13.1. The summed E-state index contributed by atoms with van der Waals surface area (Å²) in [5, 5.41) is 3.21. The number of methoxy groups -OCH3 is 1. The first-order valence-corrected chi connectivity index (χ1v) is 12.9. The second-order valence-electron chi connectivity index (χ2n) is 7.73. The fourth-order valence-corrected chi connectivity index (χ4v) is 5.28. The van der Waals surface area contributed by atoms with Gasteiger partial charge in [0.25, 0.3) is 10.0 Å². The fraction of sp³-hybridized carbons (Fsp3) is 0.269. The lowest BCUT2D eigenvalue weighted by Gasteiger charge is -2.26. The van der Waals surface area contributed by atoms with Crippen LogP contribution in [-0.4, -0.2) is 28.0 Å². The highest BCUT2D eigenvalue weighted by molar-refractivity contribution is 7.92. The fourth-order valence-electron chi connectivity index (χ4n) is 3.67. The number of hydrogen-bond donors (Lipinski definition) is 1. The largest absolute Gasteiger partial charge is 0.495 e. The molecule has 0 bridgehead atoms. The average Bonchev–Trinajstić information content (AvgIpc) is 2.86. The van der Waals surface area contributed by atoms with Gasteiger partial charge in [-0.1, -0.05) is 61.8 Å². The molecule has 180 valence electrons. The number of nitrogens with zero attached hydrogens (tertiary/aromatic N) is 1. The van der Waals surface area contributed by atoms with E-state index in [1.165, 1.54) is 30.9 Å². The third kappa shape index (κ3) is 5.90. The normalized spacial score (nSPS) is 11.2. The van der Waals surface area contributed by atoms with Crippen molar-refractivity contribution in [1.82, 2.24) is 5.32 Å². The van der Waals surface area contributed by atoms with Gasteiger partial charge in [0.1, 0.15) is 12.3 Å². The van der Waals surface area contributed by atoms with Gasteiger partial charge < -0.3 is 10.1 Å². The van der Waals surface area contributed by atoms with Crippen LogP contribution >= 0.6 is 11.6 Å². The molecule has 0 heterocycles. The van der Waals surface area contributed by atoms with E-state index in [0.717, 1.165) is 28.3 Å². The minimum absolute atomic E-state index is 0.0637. The zero-order valence-corrected chi connectivity index (χ0v) is 21.1. The summed E-state index contributed by atoms with van der Waals surface area (Å²) in [5.41, 5.74) is 3.53. The number of ether oxygens (including phenoxy) is 1. The van der Waals surface area contributed by atoms with Gasteiger partial charge in [0.15, 0.2) is 0 Å². The second kappa shape index (κ2) is 11.4. The highest BCUT2D eigenvalue weighted by Gasteiger charge is 2.29. The molecule has 0 saturated heterocycles. The van der Waals surface area contributed by atoms with Crippen molar-refractivity contribution in [3.63, 3.8) is 0 Å². The molecule has 0 fully saturated rings. The molecule has 3 aromatic rings. The van der Waals surface area contributed by atoms with Crippen LogP contribution in [0.25, 0.3) is 0 Å². The van der Waals surface area contributed by atoms with E-state index < -0.39 is 22.5 Å². The topological polar surface area (TPSA) is 75.7 Å². The molecule has 34 heavy (non-hydrogen) atoms. The van der Waals surface area contributed by atoms with Crippen molar-refractivity contribution in [3.05, 3.63) is 88.4 Å². The molecule has 1 N–H and O–H groups in total. The summed E-state index contributed by atoms with van der Waals surface area (Å²) in [5.74, 6) is -0.147. The SMILES string of the molecule is CCc1ccc(CC)c(CNC(=O)CN(c2cc(Cl)ccc2OC)S(=O)(=O)c2ccccc2)c1. The molecular formula is C26H29ClN2O4S. The second-order valence-corrected chi connectivity index (χ2v) is 10.0. The Labute approximate surface area is 206 Å². The number of sulfonamides is 1. The van der Waals surface area contributed by atoms with Gasteiger partial charge in [-0.2, -0.15) is 0 Å². The van der Waals surface area contributed by atoms with E-state index in [1.807, 2.05) is 0 Å². The van der Waals surface area contributed by atoms with Gasteiger partial charge in [0.2, 0.25) is 5.91 Å². The number of nitrogens with one attached hydrogen (secondary N) is 1. The van der Waals surface area contributed by atoms with E-state index in [1.54, 1.807) is 30.3 Å². The number of amides is 1. The minimum atomic E-state index is -4.07. The summed E-state index contributed by atoms with van der Waals surface area (Å²) >= 11 is 6.18. The number of carbonyl (C=O) groups is 1. The van der Waals surface area contributed by atoms with Gasteiger partial charge in [0.05, 0.1) is 17.7 Å². The predicted molar refractivity (Wildman–Crippen MR) is 136 cm³/mol. The lowest BCUT2D eigenvalue weighted by molar-refractivity contribution is -0.119. The number of hydrogen-bond acceptors (Lipinski definition) is 4. The predicted octanol–water partition coefficient (Wildman–Crippen LogP) is 4.99. The molecular weight excluding hydrogens is 472 g/mol. The van der Waals surface area contributed by atoms with Crippen molar-refractivity contribution in [3.8, 4) is 5.75 Å². The average molecular weight is 501 g/mol. The molecule has 0 unspecified atom stereocenters. The van der Waals surface area contributed by atoms with Crippen molar-refractivity contribution in [1.29, 1.82) is 0 Å². The van der Waals surface area contributed by atoms with E-state index in [-0.39, 0.29) is 10.6 Å². The summed E-state index contributed by atoms with van der Waals surface area (Å²) in [6, 6.07) is 18.9. The smallest absolute Gasteiger partial charge is 0.264 e. The van der Waals surface area contributed by atoms with E-state index in [0.29, 0.717) is 17.3 Å². The molecule has 0 radical (unpaired) electrons. The van der Waals surface area contributed by atoms with Crippen LogP contribution in [0.3, 0.4) is 0 Å². The number of carbonyl (C=O) groups excluding carboxylic acids is 1. The van der Waals surface area contributed by atoms with Crippen molar-refractivity contribution < 1.29 is 17.9 Å².